The number of rotatable bonds is 4. The van der Waals surface area contributed by atoms with Crippen LogP contribution in [-0.4, -0.2) is 25.0 Å². The zero-order valence-corrected chi connectivity index (χ0v) is 17.0. The highest BCUT2D eigenvalue weighted by atomic mass is 32.1. The molecule has 1 aromatic rings. The van der Waals surface area contributed by atoms with Gasteiger partial charge in [-0.05, 0) is 86.2 Å². The Morgan fingerprint density at radius 3 is 2.22 bits per heavy atom. The van der Waals surface area contributed by atoms with E-state index in [0.29, 0.717) is 10.5 Å². The maximum Gasteiger partial charge on any atom is 0.193 e. The molecule has 4 nitrogen and oxygen atoms in total. The molecule has 1 unspecified atom stereocenters. The highest BCUT2D eigenvalue weighted by Crippen LogP contribution is 2.61. The Hall–Kier alpha value is -1.62. The molecule has 1 N–H and O–H groups in total. The second-order valence-corrected chi connectivity index (χ2v) is 9.46. The lowest BCUT2D eigenvalue weighted by molar-refractivity contribution is -0.0136. The lowest BCUT2D eigenvalue weighted by Gasteiger charge is -2.57. The van der Waals surface area contributed by atoms with Crippen molar-refractivity contribution in [2.75, 3.05) is 14.2 Å². The van der Waals surface area contributed by atoms with Crippen molar-refractivity contribution in [3.63, 3.8) is 0 Å². The molecule has 0 aromatic heterocycles. The zero-order chi connectivity index (χ0) is 18.6. The molecule has 4 bridgehead atoms. The molecule has 1 aromatic carbocycles. The van der Waals surface area contributed by atoms with Crippen LogP contribution < -0.4 is 14.8 Å². The first-order chi connectivity index (χ1) is 13.1. The van der Waals surface area contributed by atoms with E-state index in [4.69, 9.17) is 26.7 Å². The van der Waals surface area contributed by atoms with E-state index in [1.54, 1.807) is 14.2 Å². The predicted molar refractivity (Wildman–Crippen MR) is 111 cm³/mol. The highest BCUT2D eigenvalue weighted by Gasteiger charge is 2.53. The van der Waals surface area contributed by atoms with E-state index in [1.165, 1.54) is 49.8 Å². The molecule has 27 heavy (non-hydrogen) atoms. The van der Waals surface area contributed by atoms with Crippen LogP contribution in [-0.2, 0) is 0 Å². The third-order valence-corrected chi connectivity index (χ3v) is 7.60. The fourth-order valence-electron chi connectivity index (χ4n) is 6.66. The fourth-order valence-corrected chi connectivity index (χ4v) is 6.92. The molecule has 6 rings (SSSR count). The van der Waals surface area contributed by atoms with E-state index in [-0.39, 0.29) is 6.04 Å². The number of aliphatic imine (C=N–C) groups is 1. The standard InChI is InChI=1S/C22H28N2O2S/c1-25-18-4-3-16(8-19(18)26-2)17-9-20(24-21(27)23-17)22-10-13-5-14(11-22)7-15(6-13)12-22/h3-4,8,13-15,17H,5-7,9-12H2,1-2H3,(H,23,27). The SMILES string of the molecule is COc1ccc(C2CC(C34CC5CC(CC(C5)C3)C4)=NC(=S)N2)cc1OC. The van der Waals surface area contributed by atoms with Crippen LogP contribution >= 0.6 is 12.2 Å². The largest absolute Gasteiger partial charge is 0.493 e. The minimum absolute atomic E-state index is 0.165. The van der Waals surface area contributed by atoms with Gasteiger partial charge in [0.15, 0.2) is 16.6 Å². The summed E-state index contributed by atoms with van der Waals surface area (Å²) in [5, 5.41) is 4.08. The van der Waals surface area contributed by atoms with Crippen molar-refractivity contribution in [2.45, 2.75) is 51.0 Å². The van der Waals surface area contributed by atoms with Crippen molar-refractivity contribution < 1.29 is 9.47 Å². The average Bonchev–Trinajstić information content (AvgIpc) is 2.66. The highest BCUT2D eigenvalue weighted by molar-refractivity contribution is 7.80. The summed E-state index contributed by atoms with van der Waals surface area (Å²) in [6, 6.07) is 6.33. The summed E-state index contributed by atoms with van der Waals surface area (Å²) in [6.07, 6.45) is 9.30. The summed E-state index contributed by atoms with van der Waals surface area (Å²) < 4.78 is 10.9. The Bertz CT molecular complexity index is 768. The summed E-state index contributed by atoms with van der Waals surface area (Å²) in [5.74, 6) is 4.28. The van der Waals surface area contributed by atoms with Gasteiger partial charge in [0.05, 0.1) is 20.3 Å². The van der Waals surface area contributed by atoms with Gasteiger partial charge in [0, 0.05) is 17.5 Å². The molecule has 4 aliphatic carbocycles. The van der Waals surface area contributed by atoms with Gasteiger partial charge in [0.1, 0.15) is 0 Å². The molecule has 5 heteroatoms. The fraction of sp³-hybridized carbons (Fsp3) is 0.636. The van der Waals surface area contributed by atoms with Crippen LogP contribution in [0.15, 0.2) is 23.2 Å². The van der Waals surface area contributed by atoms with Gasteiger partial charge in [-0.2, -0.15) is 0 Å². The molecule has 4 saturated carbocycles. The number of ether oxygens (including phenoxy) is 2. The summed E-state index contributed by atoms with van der Waals surface area (Å²) in [7, 11) is 3.35. The minimum atomic E-state index is 0.165. The zero-order valence-electron chi connectivity index (χ0n) is 16.2. The Labute approximate surface area is 166 Å². The molecule has 144 valence electrons. The normalized spacial score (nSPS) is 37.0. The molecular weight excluding hydrogens is 356 g/mol. The lowest BCUT2D eigenvalue weighted by atomic mass is 9.48. The maximum absolute atomic E-state index is 5.57. The number of thiocarbonyl (C=S) groups is 1. The minimum Gasteiger partial charge on any atom is -0.493 e. The Morgan fingerprint density at radius 2 is 1.63 bits per heavy atom. The van der Waals surface area contributed by atoms with E-state index in [2.05, 4.69) is 17.4 Å². The molecule has 0 amide bonds. The summed E-state index contributed by atoms with van der Waals surface area (Å²) in [6.45, 7) is 0. The van der Waals surface area contributed by atoms with Gasteiger partial charge < -0.3 is 14.8 Å². The van der Waals surface area contributed by atoms with Gasteiger partial charge in [-0.25, -0.2) is 4.99 Å². The molecule has 5 aliphatic rings. The van der Waals surface area contributed by atoms with Gasteiger partial charge in [0.2, 0.25) is 0 Å². The molecule has 0 saturated heterocycles. The molecular formula is C22H28N2O2S. The van der Waals surface area contributed by atoms with Crippen LogP contribution in [0.1, 0.15) is 56.6 Å². The van der Waals surface area contributed by atoms with Gasteiger partial charge in [-0.3, -0.25) is 0 Å². The van der Waals surface area contributed by atoms with Crippen LogP contribution in [0.2, 0.25) is 0 Å². The van der Waals surface area contributed by atoms with Gasteiger partial charge in [0.25, 0.3) is 0 Å². The van der Waals surface area contributed by atoms with E-state index >= 15 is 0 Å². The number of hydrogen-bond acceptors (Lipinski definition) is 3. The second kappa shape index (κ2) is 6.47. The third kappa shape index (κ3) is 2.95. The predicted octanol–water partition coefficient (Wildman–Crippen LogP) is 4.68. The molecule has 4 fully saturated rings. The summed E-state index contributed by atoms with van der Waals surface area (Å²) in [5.41, 5.74) is 2.87. The van der Waals surface area contributed by atoms with Crippen molar-refractivity contribution in [2.24, 2.45) is 28.2 Å². The first-order valence-corrected chi connectivity index (χ1v) is 10.6. The number of benzene rings is 1. The van der Waals surface area contributed by atoms with Crippen molar-refractivity contribution in [3.8, 4) is 11.5 Å². The Kier molecular flexibility index (Phi) is 4.19. The van der Waals surface area contributed by atoms with E-state index < -0.39 is 0 Å². The van der Waals surface area contributed by atoms with Crippen molar-refractivity contribution in [3.05, 3.63) is 23.8 Å². The van der Waals surface area contributed by atoms with Gasteiger partial charge in [-0.15, -0.1) is 0 Å². The molecule has 1 atom stereocenters. The molecule has 1 aliphatic heterocycles. The van der Waals surface area contributed by atoms with E-state index in [9.17, 15) is 0 Å². The maximum atomic E-state index is 5.57. The first kappa shape index (κ1) is 17.5. The lowest BCUT2D eigenvalue weighted by Crippen LogP contribution is -2.52. The second-order valence-electron chi connectivity index (χ2n) is 9.08. The van der Waals surface area contributed by atoms with Crippen LogP contribution in [0.3, 0.4) is 0 Å². The van der Waals surface area contributed by atoms with Crippen molar-refractivity contribution in [1.29, 1.82) is 0 Å². The summed E-state index contributed by atoms with van der Waals surface area (Å²) >= 11 is 5.57. The van der Waals surface area contributed by atoms with Crippen LogP contribution in [0.5, 0.6) is 11.5 Å². The van der Waals surface area contributed by atoms with Crippen LogP contribution in [0.25, 0.3) is 0 Å². The average molecular weight is 385 g/mol. The van der Waals surface area contributed by atoms with Crippen LogP contribution in [0, 0.1) is 23.2 Å². The monoisotopic (exact) mass is 384 g/mol. The molecule has 1 heterocycles. The van der Waals surface area contributed by atoms with Crippen molar-refractivity contribution >= 4 is 23.0 Å². The van der Waals surface area contributed by atoms with Gasteiger partial charge in [-0.1, -0.05) is 6.07 Å². The Morgan fingerprint density at radius 1 is 1.00 bits per heavy atom. The van der Waals surface area contributed by atoms with Crippen LogP contribution in [0.4, 0.5) is 0 Å². The topological polar surface area (TPSA) is 42.8 Å². The van der Waals surface area contributed by atoms with Gasteiger partial charge >= 0.3 is 0 Å². The molecule has 0 radical (unpaired) electrons. The number of methoxy groups -OCH3 is 2. The van der Waals surface area contributed by atoms with E-state index in [0.717, 1.165) is 35.7 Å². The van der Waals surface area contributed by atoms with E-state index in [1.807, 2.05) is 6.07 Å². The first-order valence-electron chi connectivity index (χ1n) is 10.2. The summed E-state index contributed by atoms with van der Waals surface area (Å²) in [4.78, 5) is 4.91. The third-order valence-electron chi connectivity index (χ3n) is 7.39. The number of nitrogens with zero attached hydrogens (tertiary/aromatic N) is 1. The quantitative estimate of drug-likeness (QED) is 0.766. The molecule has 0 spiro atoms. The number of hydrogen-bond donors (Lipinski definition) is 1. The number of nitrogens with one attached hydrogen (secondary N) is 1. The smallest absolute Gasteiger partial charge is 0.193 e. The van der Waals surface area contributed by atoms with Crippen molar-refractivity contribution in [1.82, 2.24) is 5.32 Å². The Balaban J connectivity index is 1.44.